The van der Waals surface area contributed by atoms with Gasteiger partial charge in [0.1, 0.15) is 5.75 Å². The summed E-state index contributed by atoms with van der Waals surface area (Å²) in [6.07, 6.45) is 1.47. The SMILES string of the molecule is Cc1ccc(NCC(=O)N/N=C/c2cc(O)ccc2Br)cc1. The zero-order valence-corrected chi connectivity index (χ0v) is 13.6. The summed E-state index contributed by atoms with van der Waals surface area (Å²) in [6.45, 7) is 2.13. The minimum absolute atomic E-state index is 0.127. The molecule has 0 radical (unpaired) electrons. The van der Waals surface area contributed by atoms with Gasteiger partial charge in [-0.2, -0.15) is 5.10 Å². The van der Waals surface area contributed by atoms with Crippen LogP contribution in [-0.2, 0) is 4.79 Å². The molecule has 0 saturated heterocycles. The van der Waals surface area contributed by atoms with E-state index in [1.54, 1.807) is 18.2 Å². The zero-order chi connectivity index (χ0) is 15.9. The lowest BCUT2D eigenvalue weighted by molar-refractivity contribution is -0.119. The number of carbonyl (C=O) groups is 1. The van der Waals surface area contributed by atoms with Gasteiger partial charge in [0.2, 0.25) is 0 Å². The second kappa shape index (κ2) is 7.61. The molecule has 0 aliphatic carbocycles. The van der Waals surface area contributed by atoms with Crippen molar-refractivity contribution in [3.8, 4) is 5.75 Å². The Hall–Kier alpha value is -2.34. The van der Waals surface area contributed by atoms with E-state index in [1.165, 1.54) is 6.21 Å². The molecule has 0 aliphatic rings. The number of halogens is 1. The average molecular weight is 362 g/mol. The van der Waals surface area contributed by atoms with Crippen molar-refractivity contribution in [2.24, 2.45) is 5.10 Å². The van der Waals surface area contributed by atoms with Crippen LogP contribution in [0.3, 0.4) is 0 Å². The third-order valence-electron chi connectivity index (χ3n) is 2.88. The Morgan fingerprint density at radius 2 is 2.00 bits per heavy atom. The van der Waals surface area contributed by atoms with Gasteiger partial charge in [-0.05, 0) is 37.3 Å². The van der Waals surface area contributed by atoms with E-state index in [0.717, 1.165) is 15.7 Å². The molecule has 0 atom stereocenters. The van der Waals surface area contributed by atoms with Gasteiger partial charge in [0.15, 0.2) is 0 Å². The highest BCUT2D eigenvalue weighted by molar-refractivity contribution is 9.10. The summed E-state index contributed by atoms with van der Waals surface area (Å²) in [5, 5.41) is 16.3. The van der Waals surface area contributed by atoms with Crippen molar-refractivity contribution < 1.29 is 9.90 Å². The van der Waals surface area contributed by atoms with E-state index in [4.69, 9.17) is 0 Å². The Labute approximate surface area is 137 Å². The quantitative estimate of drug-likeness (QED) is 0.566. The minimum Gasteiger partial charge on any atom is -0.508 e. The van der Waals surface area contributed by atoms with Gasteiger partial charge in [0.25, 0.3) is 5.91 Å². The van der Waals surface area contributed by atoms with Gasteiger partial charge in [0.05, 0.1) is 12.8 Å². The average Bonchev–Trinajstić information content (AvgIpc) is 2.50. The van der Waals surface area contributed by atoms with E-state index >= 15 is 0 Å². The van der Waals surface area contributed by atoms with Crippen LogP contribution in [0.5, 0.6) is 5.75 Å². The highest BCUT2D eigenvalue weighted by atomic mass is 79.9. The first-order valence-electron chi connectivity index (χ1n) is 6.65. The monoisotopic (exact) mass is 361 g/mol. The van der Waals surface area contributed by atoms with Gasteiger partial charge in [-0.1, -0.05) is 33.6 Å². The van der Waals surface area contributed by atoms with Crippen molar-refractivity contribution in [3.05, 3.63) is 58.1 Å². The molecule has 5 nitrogen and oxygen atoms in total. The lowest BCUT2D eigenvalue weighted by Crippen LogP contribution is -2.25. The van der Waals surface area contributed by atoms with E-state index in [2.05, 4.69) is 31.8 Å². The van der Waals surface area contributed by atoms with Crippen molar-refractivity contribution in [2.45, 2.75) is 6.92 Å². The second-order valence-electron chi connectivity index (χ2n) is 4.72. The third-order valence-corrected chi connectivity index (χ3v) is 3.60. The van der Waals surface area contributed by atoms with E-state index < -0.39 is 0 Å². The number of nitrogens with one attached hydrogen (secondary N) is 2. The lowest BCUT2D eigenvalue weighted by Gasteiger charge is -2.05. The first kappa shape index (κ1) is 16.0. The highest BCUT2D eigenvalue weighted by Crippen LogP contribution is 2.19. The number of phenols is 1. The lowest BCUT2D eigenvalue weighted by atomic mass is 10.2. The molecule has 0 saturated carbocycles. The van der Waals surface area contributed by atoms with Gasteiger partial charge in [0, 0.05) is 15.7 Å². The van der Waals surface area contributed by atoms with Crippen LogP contribution in [0.2, 0.25) is 0 Å². The maximum absolute atomic E-state index is 11.7. The molecule has 0 bridgehead atoms. The molecule has 2 rings (SSSR count). The molecular weight excluding hydrogens is 346 g/mol. The van der Waals surface area contributed by atoms with Crippen molar-refractivity contribution in [1.82, 2.24) is 5.43 Å². The van der Waals surface area contributed by atoms with Gasteiger partial charge >= 0.3 is 0 Å². The number of benzene rings is 2. The van der Waals surface area contributed by atoms with E-state index in [0.29, 0.717) is 5.56 Å². The molecule has 0 spiro atoms. The summed E-state index contributed by atoms with van der Waals surface area (Å²) < 4.78 is 0.779. The van der Waals surface area contributed by atoms with E-state index in [1.807, 2.05) is 31.2 Å². The Morgan fingerprint density at radius 3 is 2.73 bits per heavy atom. The number of hydrogen-bond donors (Lipinski definition) is 3. The molecule has 0 aromatic heterocycles. The minimum atomic E-state index is -0.256. The first-order valence-corrected chi connectivity index (χ1v) is 7.45. The number of hydrazone groups is 1. The highest BCUT2D eigenvalue weighted by Gasteiger charge is 2.01. The molecule has 0 heterocycles. The number of nitrogens with zero attached hydrogens (tertiary/aromatic N) is 1. The molecule has 1 amide bonds. The van der Waals surface area contributed by atoms with Crippen molar-refractivity contribution in [1.29, 1.82) is 0 Å². The summed E-state index contributed by atoms with van der Waals surface area (Å²) >= 11 is 3.34. The fraction of sp³-hybridized carbons (Fsp3) is 0.125. The largest absolute Gasteiger partial charge is 0.508 e. The molecule has 22 heavy (non-hydrogen) atoms. The van der Waals surface area contributed by atoms with Crippen LogP contribution in [0.1, 0.15) is 11.1 Å². The summed E-state index contributed by atoms with van der Waals surface area (Å²) in [6, 6.07) is 12.6. The molecule has 6 heteroatoms. The Balaban J connectivity index is 1.83. The number of amides is 1. The third kappa shape index (κ3) is 4.89. The predicted octanol–water partition coefficient (Wildman–Crippen LogP) is 3.03. The molecule has 0 unspecified atom stereocenters. The fourth-order valence-corrected chi connectivity index (χ4v) is 2.05. The van der Waals surface area contributed by atoms with Crippen molar-refractivity contribution in [3.63, 3.8) is 0 Å². The van der Waals surface area contributed by atoms with Crippen LogP contribution in [0.25, 0.3) is 0 Å². The van der Waals surface area contributed by atoms with Gasteiger partial charge in [-0.3, -0.25) is 4.79 Å². The van der Waals surface area contributed by atoms with Gasteiger partial charge < -0.3 is 10.4 Å². The standard InChI is InChI=1S/C16H16BrN3O2/c1-11-2-4-13(5-3-11)18-10-16(22)20-19-9-12-8-14(21)6-7-15(12)17/h2-9,18,21H,10H2,1H3,(H,20,22)/b19-9+. The number of aryl methyl sites for hydroxylation is 1. The molecule has 0 fully saturated rings. The number of rotatable bonds is 5. The maximum Gasteiger partial charge on any atom is 0.259 e. The molecule has 2 aromatic carbocycles. The van der Waals surface area contributed by atoms with Crippen LogP contribution in [0.15, 0.2) is 52.0 Å². The predicted molar refractivity (Wildman–Crippen MR) is 91.2 cm³/mol. The van der Waals surface area contributed by atoms with Crippen LogP contribution in [-0.4, -0.2) is 23.8 Å². The second-order valence-corrected chi connectivity index (χ2v) is 5.57. The molecular formula is C16H16BrN3O2. The van der Waals surface area contributed by atoms with Crippen LogP contribution < -0.4 is 10.7 Å². The zero-order valence-electron chi connectivity index (χ0n) is 12.0. The Kier molecular flexibility index (Phi) is 5.55. The van der Waals surface area contributed by atoms with Crippen molar-refractivity contribution in [2.75, 3.05) is 11.9 Å². The van der Waals surface area contributed by atoms with E-state index in [-0.39, 0.29) is 18.2 Å². The normalized spacial score (nSPS) is 10.6. The number of anilines is 1. The Bertz CT molecular complexity index is 684. The summed E-state index contributed by atoms with van der Waals surface area (Å²) in [5.74, 6) is -0.120. The van der Waals surface area contributed by atoms with Gasteiger partial charge in [-0.25, -0.2) is 5.43 Å². The summed E-state index contributed by atoms with van der Waals surface area (Å²) in [4.78, 5) is 11.7. The molecule has 114 valence electrons. The molecule has 3 N–H and O–H groups in total. The van der Waals surface area contributed by atoms with Crippen molar-refractivity contribution >= 4 is 33.7 Å². The van der Waals surface area contributed by atoms with Crippen LogP contribution in [0, 0.1) is 6.92 Å². The number of hydrogen-bond acceptors (Lipinski definition) is 4. The first-order chi connectivity index (χ1) is 10.5. The number of carbonyl (C=O) groups excluding carboxylic acids is 1. The summed E-state index contributed by atoms with van der Waals surface area (Å²) in [7, 11) is 0. The van der Waals surface area contributed by atoms with Gasteiger partial charge in [-0.15, -0.1) is 0 Å². The topological polar surface area (TPSA) is 73.7 Å². The van der Waals surface area contributed by atoms with E-state index in [9.17, 15) is 9.90 Å². The Morgan fingerprint density at radius 1 is 1.27 bits per heavy atom. The summed E-state index contributed by atoms with van der Waals surface area (Å²) in [5.41, 5.74) is 5.14. The molecule has 0 aliphatic heterocycles. The van der Waals surface area contributed by atoms with Crippen LogP contribution >= 0.6 is 15.9 Å². The maximum atomic E-state index is 11.7. The smallest absolute Gasteiger partial charge is 0.259 e. The number of phenolic OH excluding ortho intramolecular Hbond substituents is 1. The molecule has 2 aromatic rings. The van der Waals surface area contributed by atoms with Crippen LogP contribution in [0.4, 0.5) is 5.69 Å². The fourth-order valence-electron chi connectivity index (χ4n) is 1.70. The number of aromatic hydroxyl groups is 1.